The quantitative estimate of drug-likeness (QED) is 0.0261. The monoisotopic (exact) mass is 1040 g/mol. The molecule has 432 valence electrons. The van der Waals surface area contributed by atoms with Crippen LogP contribution in [0.5, 0.6) is 0 Å². The van der Waals surface area contributed by atoms with E-state index in [1.54, 1.807) is 0 Å². The molecule has 0 aliphatic heterocycles. The van der Waals surface area contributed by atoms with Crippen molar-refractivity contribution in [2.45, 2.75) is 322 Å². The molecule has 0 saturated heterocycles. The number of carbonyl (C=O) groups excluding carboxylic acids is 3. The lowest BCUT2D eigenvalue weighted by Gasteiger charge is -2.18. The van der Waals surface area contributed by atoms with E-state index in [0.29, 0.717) is 19.3 Å². The summed E-state index contributed by atoms with van der Waals surface area (Å²) in [5, 5.41) is 0. The highest BCUT2D eigenvalue weighted by Crippen LogP contribution is 2.17. The fourth-order valence-electron chi connectivity index (χ4n) is 9.09. The zero-order valence-corrected chi connectivity index (χ0v) is 49.6. The molecule has 0 heterocycles. The minimum Gasteiger partial charge on any atom is -0.462 e. The van der Waals surface area contributed by atoms with Crippen molar-refractivity contribution in [1.29, 1.82) is 0 Å². The number of rotatable bonds is 58. The summed E-state index contributed by atoms with van der Waals surface area (Å²) in [6.45, 7) is 6.53. The van der Waals surface area contributed by atoms with E-state index in [-0.39, 0.29) is 31.1 Å². The smallest absolute Gasteiger partial charge is 0.306 e. The van der Waals surface area contributed by atoms with Crippen molar-refractivity contribution < 1.29 is 28.6 Å². The molecule has 0 saturated carbocycles. The van der Waals surface area contributed by atoms with E-state index in [2.05, 4.69) is 106 Å². The van der Waals surface area contributed by atoms with Gasteiger partial charge in [-0.15, -0.1) is 0 Å². The molecule has 0 aromatic rings. The van der Waals surface area contributed by atoms with Gasteiger partial charge in [-0.05, 0) is 96.3 Å². The Labute approximate surface area is 465 Å². The van der Waals surface area contributed by atoms with Gasteiger partial charge in [-0.3, -0.25) is 14.4 Å². The third-order valence-electron chi connectivity index (χ3n) is 13.9. The molecule has 0 spiro atoms. The Morgan fingerprint density at radius 1 is 0.280 bits per heavy atom. The van der Waals surface area contributed by atoms with E-state index in [1.807, 2.05) is 0 Å². The number of hydrogen-bond donors (Lipinski definition) is 0. The molecule has 0 aliphatic rings. The largest absolute Gasteiger partial charge is 0.462 e. The van der Waals surface area contributed by atoms with E-state index in [1.165, 1.54) is 161 Å². The van der Waals surface area contributed by atoms with Gasteiger partial charge in [-0.1, -0.05) is 286 Å². The van der Waals surface area contributed by atoms with Crippen LogP contribution in [0.15, 0.2) is 85.1 Å². The zero-order chi connectivity index (χ0) is 54.3. The van der Waals surface area contributed by atoms with Crippen LogP contribution in [-0.4, -0.2) is 37.2 Å². The minimum atomic E-state index is -0.791. The molecule has 0 aliphatic carbocycles. The Balaban J connectivity index is 4.42. The first-order chi connectivity index (χ1) is 37.0. The van der Waals surface area contributed by atoms with Gasteiger partial charge in [0.25, 0.3) is 0 Å². The first kappa shape index (κ1) is 71.6. The fraction of sp³-hybridized carbons (Fsp3) is 0.754. The van der Waals surface area contributed by atoms with E-state index in [4.69, 9.17) is 14.2 Å². The summed E-state index contributed by atoms with van der Waals surface area (Å²) < 4.78 is 16.9. The maximum Gasteiger partial charge on any atom is 0.306 e. The van der Waals surface area contributed by atoms with Crippen LogP contribution in [0.4, 0.5) is 0 Å². The van der Waals surface area contributed by atoms with Gasteiger partial charge in [0.1, 0.15) is 13.2 Å². The summed E-state index contributed by atoms with van der Waals surface area (Å²) in [7, 11) is 0. The average molecular weight is 1050 g/mol. The summed E-state index contributed by atoms with van der Waals surface area (Å²) in [4.78, 5) is 38.3. The zero-order valence-electron chi connectivity index (χ0n) is 49.6. The van der Waals surface area contributed by atoms with Gasteiger partial charge in [0.15, 0.2) is 6.10 Å². The summed E-state index contributed by atoms with van der Waals surface area (Å²) >= 11 is 0. The number of esters is 3. The number of hydrogen-bond acceptors (Lipinski definition) is 6. The van der Waals surface area contributed by atoms with Gasteiger partial charge in [0.05, 0.1) is 0 Å². The predicted octanol–water partition coefficient (Wildman–Crippen LogP) is 21.9. The van der Waals surface area contributed by atoms with Gasteiger partial charge >= 0.3 is 17.9 Å². The fourth-order valence-corrected chi connectivity index (χ4v) is 9.09. The maximum absolute atomic E-state index is 12.9. The third-order valence-corrected chi connectivity index (χ3v) is 13.9. The van der Waals surface area contributed by atoms with Gasteiger partial charge in [-0.25, -0.2) is 0 Å². The summed E-state index contributed by atoms with van der Waals surface area (Å²) in [5.74, 6) is -0.905. The van der Waals surface area contributed by atoms with Crippen LogP contribution in [0.25, 0.3) is 0 Å². The van der Waals surface area contributed by atoms with Crippen LogP contribution >= 0.6 is 0 Å². The molecule has 0 bridgehead atoms. The lowest BCUT2D eigenvalue weighted by molar-refractivity contribution is -0.167. The van der Waals surface area contributed by atoms with Crippen LogP contribution in [0.2, 0.25) is 0 Å². The Bertz CT molecular complexity index is 1430. The van der Waals surface area contributed by atoms with Gasteiger partial charge in [0, 0.05) is 19.3 Å². The van der Waals surface area contributed by atoms with Crippen molar-refractivity contribution >= 4 is 17.9 Å². The Hall–Kier alpha value is -3.41. The highest BCUT2D eigenvalue weighted by atomic mass is 16.6. The lowest BCUT2D eigenvalue weighted by atomic mass is 10.0. The van der Waals surface area contributed by atoms with Crippen LogP contribution in [0, 0.1) is 0 Å². The van der Waals surface area contributed by atoms with Crippen LogP contribution < -0.4 is 0 Å². The van der Waals surface area contributed by atoms with Gasteiger partial charge < -0.3 is 14.2 Å². The van der Waals surface area contributed by atoms with E-state index < -0.39 is 6.10 Å². The first-order valence-corrected chi connectivity index (χ1v) is 32.1. The van der Waals surface area contributed by atoms with Crippen molar-refractivity contribution in [1.82, 2.24) is 0 Å². The molecule has 1 unspecified atom stereocenters. The highest BCUT2D eigenvalue weighted by Gasteiger charge is 2.19. The third kappa shape index (κ3) is 61.3. The summed E-state index contributed by atoms with van der Waals surface area (Å²) in [5.41, 5.74) is 0. The van der Waals surface area contributed by atoms with Crippen LogP contribution in [-0.2, 0) is 28.6 Å². The van der Waals surface area contributed by atoms with Crippen LogP contribution in [0.3, 0.4) is 0 Å². The normalized spacial score (nSPS) is 12.6. The second kappa shape index (κ2) is 63.1. The number of carbonyl (C=O) groups is 3. The van der Waals surface area contributed by atoms with Crippen LogP contribution in [0.1, 0.15) is 316 Å². The maximum atomic E-state index is 12.9. The summed E-state index contributed by atoms with van der Waals surface area (Å²) in [6.07, 6.45) is 83.0. The molecule has 0 fully saturated rings. The van der Waals surface area contributed by atoms with Gasteiger partial charge in [0.2, 0.25) is 0 Å². The van der Waals surface area contributed by atoms with E-state index in [9.17, 15) is 14.4 Å². The average Bonchev–Trinajstić information content (AvgIpc) is 3.41. The Kier molecular flexibility index (Phi) is 60.3. The molecule has 0 aromatic heterocycles. The van der Waals surface area contributed by atoms with Crippen molar-refractivity contribution in [3.63, 3.8) is 0 Å². The topological polar surface area (TPSA) is 78.9 Å². The predicted molar refractivity (Wildman–Crippen MR) is 325 cm³/mol. The molecular formula is C69H120O6. The molecule has 0 rings (SSSR count). The molecule has 1 atom stereocenters. The van der Waals surface area contributed by atoms with Gasteiger partial charge in [-0.2, -0.15) is 0 Å². The van der Waals surface area contributed by atoms with E-state index in [0.717, 1.165) is 116 Å². The molecule has 0 amide bonds. The Morgan fingerprint density at radius 3 is 0.827 bits per heavy atom. The number of allylic oxidation sites excluding steroid dienone is 14. The van der Waals surface area contributed by atoms with Crippen molar-refractivity contribution in [3.8, 4) is 0 Å². The molecule has 75 heavy (non-hydrogen) atoms. The molecule has 0 N–H and O–H groups in total. The molecule has 6 heteroatoms. The minimum absolute atomic E-state index is 0.0865. The highest BCUT2D eigenvalue weighted by molar-refractivity contribution is 5.71. The van der Waals surface area contributed by atoms with Crippen molar-refractivity contribution in [2.24, 2.45) is 0 Å². The SMILES string of the molecule is CC/C=C\C/C=C\C/C=C\C/C=C\C/C=C\C/C=C\CCCCCCC(=O)OCC(COC(=O)CCCCCCC/C=C\CCCCCCCCC)OC(=O)CCCCCCCCCCCCCCCCCCCC. The molecular weight excluding hydrogens is 925 g/mol. The number of ether oxygens (including phenoxy) is 3. The second-order valence-electron chi connectivity index (χ2n) is 21.3. The standard InChI is InChI=1S/C69H120O6/c1-4-7-10-13-16-19-22-25-28-31-33-34-35-36-37-39-41-44-47-50-53-56-59-62-68(71)74-65-66(64-73-67(70)61-58-55-52-49-46-43-40-30-27-24-21-18-15-12-9-6-3)75-69(72)63-60-57-54-51-48-45-42-38-32-29-26-23-20-17-14-11-8-5-2/h7,10,16,19,25,28,30,33-34,36-37,40-41,44,66H,4-6,8-9,11-15,17-18,20-24,26-27,29,31-32,35,38-39,42-43,45-65H2,1-3H3/b10-7-,19-16-,28-25-,34-33-,37-36-,40-30-,44-41-. The second-order valence-corrected chi connectivity index (χ2v) is 21.3. The van der Waals surface area contributed by atoms with Crippen molar-refractivity contribution in [2.75, 3.05) is 13.2 Å². The number of unbranched alkanes of at least 4 members (excludes halogenated alkanes) is 33. The van der Waals surface area contributed by atoms with Crippen molar-refractivity contribution in [3.05, 3.63) is 85.1 Å². The van der Waals surface area contributed by atoms with E-state index >= 15 is 0 Å². The first-order valence-electron chi connectivity index (χ1n) is 32.1. The lowest BCUT2D eigenvalue weighted by Crippen LogP contribution is -2.30. The Morgan fingerprint density at radius 2 is 0.520 bits per heavy atom. The molecule has 0 radical (unpaired) electrons. The molecule has 6 nitrogen and oxygen atoms in total. The molecule has 0 aromatic carbocycles. The summed E-state index contributed by atoms with van der Waals surface area (Å²) in [6, 6.07) is 0.